The van der Waals surface area contributed by atoms with Gasteiger partial charge in [0.15, 0.2) is 5.69 Å². The summed E-state index contributed by atoms with van der Waals surface area (Å²) in [6.07, 6.45) is 1.77. The fourth-order valence-corrected chi connectivity index (χ4v) is 5.15. The Balaban J connectivity index is 2.04. The summed E-state index contributed by atoms with van der Waals surface area (Å²) in [6.45, 7) is 11.5. The van der Waals surface area contributed by atoms with Crippen molar-refractivity contribution in [1.29, 1.82) is 0 Å². The van der Waals surface area contributed by atoms with Crippen LogP contribution in [0.2, 0.25) is 0 Å². The Morgan fingerprint density at radius 2 is 2.06 bits per heavy atom. The number of amides is 1. The molecule has 1 atom stereocenters. The van der Waals surface area contributed by atoms with E-state index in [1.54, 1.807) is 20.8 Å². The number of sulfonamides is 1. The lowest BCUT2D eigenvalue weighted by Gasteiger charge is -2.23. The number of non-ortho nitro benzene ring substituents is 1. The number of ether oxygens (including phenoxy) is 2. The van der Waals surface area contributed by atoms with Gasteiger partial charge in [0.25, 0.3) is 11.6 Å². The van der Waals surface area contributed by atoms with E-state index < -0.39 is 43.0 Å². The van der Waals surface area contributed by atoms with Crippen molar-refractivity contribution in [3.8, 4) is 11.6 Å². The monoisotopic (exact) mass is 523 g/mol. The second-order valence-corrected chi connectivity index (χ2v) is 11.7. The van der Waals surface area contributed by atoms with Crippen molar-refractivity contribution in [1.82, 2.24) is 19.8 Å². The van der Waals surface area contributed by atoms with Crippen molar-refractivity contribution in [3.05, 3.63) is 39.6 Å². The Morgan fingerprint density at radius 1 is 1.36 bits per heavy atom. The zero-order valence-electron chi connectivity index (χ0n) is 21.3. The molecule has 1 saturated heterocycles. The van der Waals surface area contributed by atoms with E-state index in [-0.39, 0.29) is 23.4 Å². The molecule has 198 valence electrons. The van der Waals surface area contributed by atoms with Crippen LogP contribution in [0.5, 0.6) is 11.6 Å². The average Bonchev–Trinajstić information content (AvgIpc) is 3.39. The number of benzene rings is 1. The topological polar surface area (TPSA) is 155 Å². The minimum atomic E-state index is -4.16. The maximum absolute atomic E-state index is 13.0. The number of nitrogens with one attached hydrogen (secondary N) is 2. The smallest absolute Gasteiger partial charge is 0.272 e. The van der Waals surface area contributed by atoms with Crippen molar-refractivity contribution in [2.45, 2.75) is 77.0 Å². The van der Waals surface area contributed by atoms with Crippen LogP contribution in [-0.2, 0) is 20.3 Å². The Bertz CT molecular complexity index is 1240. The molecule has 1 amide bonds. The number of aromatic nitrogens is 2. The van der Waals surface area contributed by atoms with Gasteiger partial charge in [0.05, 0.1) is 16.6 Å². The van der Waals surface area contributed by atoms with Gasteiger partial charge in [-0.05, 0) is 60.5 Å². The molecular formula is C23H33N5O7S. The Labute approximate surface area is 210 Å². The second kappa shape index (κ2) is 10.5. The standard InChI is InChI=1S/C23H33N5O7S/c1-14(2)26-36(32,33)19-12-16(28(30)31)9-10-18(19)35-22-15(3)20(25-27(22)23(4,5)6)21(29)24-13-17-8-7-11-34-17/h9-10,12,14,17,26H,7-8,11,13H2,1-6H3,(H,24,29)/t17-/m0/s1. The van der Waals surface area contributed by atoms with Crippen molar-refractivity contribution in [2.75, 3.05) is 13.2 Å². The molecule has 0 unspecified atom stereocenters. The fraction of sp³-hybridized carbons (Fsp3) is 0.565. The van der Waals surface area contributed by atoms with E-state index in [1.807, 2.05) is 20.8 Å². The zero-order chi connectivity index (χ0) is 26.8. The molecule has 12 nitrogen and oxygen atoms in total. The molecule has 0 bridgehead atoms. The summed E-state index contributed by atoms with van der Waals surface area (Å²) in [5.74, 6) is -0.387. The predicted octanol–water partition coefficient (Wildman–Crippen LogP) is 3.24. The highest BCUT2D eigenvalue weighted by Crippen LogP contribution is 2.36. The summed E-state index contributed by atoms with van der Waals surface area (Å²) < 4.78 is 41.6. The van der Waals surface area contributed by atoms with Crippen molar-refractivity contribution in [2.24, 2.45) is 0 Å². The number of nitrogens with zero attached hydrogens (tertiary/aromatic N) is 3. The van der Waals surface area contributed by atoms with E-state index in [9.17, 15) is 23.3 Å². The molecular weight excluding hydrogens is 490 g/mol. The van der Waals surface area contributed by atoms with Crippen LogP contribution in [-0.4, -0.2) is 54.3 Å². The van der Waals surface area contributed by atoms with Gasteiger partial charge < -0.3 is 14.8 Å². The van der Waals surface area contributed by atoms with E-state index in [0.29, 0.717) is 18.7 Å². The summed E-state index contributed by atoms with van der Waals surface area (Å²) >= 11 is 0. The van der Waals surface area contributed by atoms with Crippen LogP contribution in [0.1, 0.15) is 63.5 Å². The van der Waals surface area contributed by atoms with E-state index in [0.717, 1.165) is 25.0 Å². The highest BCUT2D eigenvalue weighted by Gasteiger charge is 2.31. The maximum Gasteiger partial charge on any atom is 0.272 e. The van der Waals surface area contributed by atoms with Crippen LogP contribution >= 0.6 is 0 Å². The summed E-state index contributed by atoms with van der Waals surface area (Å²) in [4.78, 5) is 23.2. The number of carbonyl (C=O) groups excluding carboxylic acids is 1. The van der Waals surface area contributed by atoms with Crippen molar-refractivity contribution in [3.63, 3.8) is 0 Å². The summed E-state index contributed by atoms with van der Waals surface area (Å²) in [7, 11) is -4.16. The van der Waals surface area contributed by atoms with Gasteiger partial charge in [-0.15, -0.1) is 0 Å². The lowest BCUT2D eigenvalue weighted by atomic mass is 10.1. The first-order valence-electron chi connectivity index (χ1n) is 11.7. The third-order valence-corrected chi connectivity index (χ3v) is 7.14. The highest BCUT2D eigenvalue weighted by atomic mass is 32.2. The summed E-state index contributed by atoms with van der Waals surface area (Å²) in [5.41, 5.74) is -0.511. The Morgan fingerprint density at radius 3 is 2.61 bits per heavy atom. The molecule has 13 heteroatoms. The van der Waals surface area contributed by atoms with Crippen LogP contribution in [0.25, 0.3) is 0 Å². The first kappa shape index (κ1) is 27.6. The maximum atomic E-state index is 13.0. The van der Waals surface area contributed by atoms with Crippen LogP contribution in [0.3, 0.4) is 0 Å². The van der Waals surface area contributed by atoms with E-state index >= 15 is 0 Å². The van der Waals surface area contributed by atoms with Gasteiger partial charge in [0.1, 0.15) is 10.6 Å². The van der Waals surface area contributed by atoms with Gasteiger partial charge in [-0.1, -0.05) is 0 Å². The van der Waals surface area contributed by atoms with E-state index in [4.69, 9.17) is 9.47 Å². The largest absolute Gasteiger partial charge is 0.438 e. The SMILES string of the molecule is Cc1c(C(=O)NC[C@@H]2CCCO2)nn(C(C)(C)C)c1Oc1ccc([N+](=O)[O-])cc1S(=O)(=O)NC(C)C. The van der Waals surface area contributed by atoms with Gasteiger partial charge >= 0.3 is 0 Å². The third kappa shape index (κ3) is 6.20. The van der Waals surface area contributed by atoms with Crippen LogP contribution in [0, 0.1) is 17.0 Å². The fourth-order valence-electron chi connectivity index (χ4n) is 3.75. The van der Waals surface area contributed by atoms with Crippen molar-refractivity contribution >= 4 is 21.6 Å². The lowest BCUT2D eigenvalue weighted by Crippen LogP contribution is -2.32. The third-order valence-electron chi connectivity index (χ3n) is 5.46. The van der Waals surface area contributed by atoms with Gasteiger partial charge in [0, 0.05) is 36.9 Å². The predicted molar refractivity (Wildman–Crippen MR) is 132 cm³/mol. The first-order valence-corrected chi connectivity index (χ1v) is 13.2. The van der Waals surface area contributed by atoms with Crippen molar-refractivity contribution < 1.29 is 27.6 Å². The van der Waals surface area contributed by atoms with Gasteiger partial charge in [-0.3, -0.25) is 14.9 Å². The van der Waals surface area contributed by atoms with E-state index in [2.05, 4.69) is 15.1 Å². The number of rotatable bonds is 9. The minimum absolute atomic E-state index is 0.0454. The Hall–Kier alpha value is -3.03. The zero-order valence-corrected chi connectivity index (χ0v) is 22.1. The first-order chi connectivity index (χ1) is 16.7. The molecule has 3 rings (SSSR count). The molecule has 1 aromatic heterocycles. The average molecular weight is 524 g/mol. The molecule has 1 aromatic carbocycles. The number of nitro groups is 1. The molecule has 1 fully saturated rings. The van der Waals surface area contributed by atoms with Gasteiger partial charge in [-0.2, -0.15) is 5.10 Å². The molecule has 2 heterocycles. The molecule has 0 saturated carbocycles. The number of hydrogen-bond donors (Lipinski definition) is 2. The van der Waals surface area contributed by atoms with E-state index in [1.165, 1.54) is 10.7 Å². The summed E-state index contributed by atoms with van der Waals surface area (Å²) in [6, 6.07) is 2.88. The number of hydrogen-bond acceptors (Lipinski definition) is 8. The molecule has 1 aliphatic heterocycles. The molecule has 0 radical (unpaired) electrons. The van der Waals surface area contributed by atoms with Crippen LogP contribution < -0.4 is 14.8 Å². The lowest BCUT2D eigenvalue weighted by molar-refractivity contribution is -0.385. The molecule has 0 spiro atoms. The molecule has 36 heavy (non-hydrogen) atoms. The number of carbonyl (C=O) groups is 1. The second-order valence-electron chi connectivity index (χ2n) is 9.97. The summed E-state index contributed by atoms with van der Waals surface area (Å²) in [5, 5.41) is 18.6. The molecule has 1 aliphatic rings. The Kier molecular flexibility index (Phi) is 8.06. The molecule has 2 aromatic rings. The quantitative estimate of drug-likeness (QED) is 0.375. The highest BCUT2D eigenvalue weighted by molar-refractivity contribution is 7.89. The van der Waals surface area contributed by atoms with Gasteiger partial charge in [0.2, 0.25) is 15.9 Å². The number of nitro benzene ring substituents is 1. The van der Waals surface area contributed by atoms with Crippen LogP contribution in [0.15, 0.2) is 23.1 Å². The molecule has 2 N–H and O–H groups in total. The molecule has 0 aliphatic carbocycles. The normalized spacial score (nSPS) is 16.4. The van der Waals surface area contributed by atoms with Gasteiger partial charge in [-0.25, -0.2) is 17.8 Å². The minimum Gasteiger partial charge on any atom is -0.438 e. The van der Waals surface area contributed by atoms with Crippen LogP contribution in [0.4, 0.5) is 5.69 Å².